The molecule has 0 aliphatic carbocycles. The van der Waals surface area contributed by atoms with E-state index in [1.54, 1.807) is 0 Å². The van der Waals surface area contributed by atoms with Crippen LogP contribution < -0.4 is 5.32 Å². The lowest BCUT2D eigenvalue weighted by Crippen LogP contribution is -2.18. The molecule has 0 saturated carbocycles. The van der Waals surface area contributed by atoms with E-state index in [0.29, 0.717) is 5.02 Å². The Morgan fingerprint density at radius 2 is 2.11 bits per heavy atom. The molecule has 1 heterocycles. The molecule has 0 bridgehead atoms. The van der Waals surface area contributed by atoms with Gasteiger partial charge in [-0.25, -0.2) is 0 Å². The minimum atomic E-state index is 0.208. The largest absolute Gasteiger partial charge is 0.459 e. The van der Waals surface area contributed by atoms with E-state index in [2.05, 4.69) is 35.1 Å². The standard InChI is InChI=1S/C15H17BrClNO/c1-3-8-18-10(2)14-6-7-15(19-14)12-9-11(16)4-5-13(12)17/h4-7,9-10,18H,3,8H2,1-2H3. The molecule has 1 atom stereocenters. The number of benzene rings is 1. The second-order valence-corrected chi connectivity index (χ2v) is 5.82. The van der Waals surface area contributed by atoms with Crippen molar-refractivity contribution in [2.75, 3.05) is 6.54 Å². The summed E-state index contributed by atoms with van der Waals surface area (Å²) in [5, 5.41) is 4.10. The number of rotatable bonds is 5. The van der Waals surface area contributed by atoms with Gasteiger partial charge in [0.1, 0.15) is 11.5 Å². The SMILES string of the molecule is CCCNC(C)c1ccc(-c2cc(Br)ccc2Cl)o1. The van der Waals surface area contributed by atoms with Crippen LogP contribution in [0.3, 0.4) is 0 Å². The lowest BCUT2D eigenvalue weighted by atomic mass is 10.2. The Morgan fingerprint density at radius 3 is 2.84 bits per heavy atom. The monoisotopic (exact) mass is 341 g/mol. The van der Waals surface area contributed by atoms with Gasteiger partial charge in [-0.15, -0.1) is 0 Å². The van der Waals surface area contributed by atoms with Gasteiger partial charge < -0.3 is 9.73 Å². The van der Waals surface area contributed by atoms with Gasteiger partial charge >= 0.3 is 0 Å². The average molecular weight is 343 g/mol. The quantitative estimate of drug-likeness (QED) is 0.784. The third-order valence-electron chi connectivity index (χ3n) is 2.95. The lowest BCUT2D eigenvalue weighted by Gasteiger charge is -2.10. The first-order valence-corrected chi connectivity index (χ1v) is 7.57. The van der Waals surface area contributed by atoms with Crippen LogP contribution in [0, 0.1) is 0 Å². The Morgan fingerprint density at radius 1 is 1.32 bits per heavy atom. The van der Waals surface area contributed by atoms with E-state index < -0.39 is 0 Å². The van der Waals surface area contributed by atoms with Crippen LogP contribution in [-0.2, 0) is 0 Å². The first kappa shape index (κ1) is 14.6. The van der Waals surface area contributed by atoms with Crippen molar-refractivity contribution in [2.24, 2.45) is 0 Å². The van der Waals surface area contributed by atoms with Gasteiger partial charge in [0.2, 0.25) is 0 Å². The molecule has 0 spiro atoms. The lowest BCUT2D eigenvalue weighted by molar-refractivity contribution is 0.439. The van der Waals surface area contributed by atoms with Gasteiger partial charge in [-0.05, 0) is 50.2 Å². The van der Waals surface area contributed by atoms with Crippen molar-refractivity contribution in [3.05, 3.63) is 45.6 Å². The van der Waals surface area contributed by atoms with Crippen molar-refractivity contribution in [1.82, 2.24) is 5.32 Å². The number of halogens is 2. The maximum atomic E-state index is 6.21. The number of hydrogen-bond acceptors (Lipinski definition) is 2. The van der Waals surface area contributed by atoms with Gasteiger partial charge in [0.05, 0.1) is 11.1 Å². The first-order valence-electron chi connectivity index (χ1n) is 6.40. The van der Waals surface area contributed by atoms with Gasteiger partial charge in [-0.2, -0.15) is 0 Å². The van der Waals surface area contributed by atoms with Gasteiger partial charge in [0.25, 0.3) is 0 Å². The van der Waals surface area contributed by atoms with Crippen LogP contribution in [0.4, 0.5) is 0 Å². The van der Waals surface area contributed by atoms with E-state index in [1.165, 1.54) is 0 Å². The third kappa shape index (κ3) is 3.62. The van der Waals surface area contributed by atoms with Gasteiger partial charge in [0.15, 0.2) is 0 Å². The van der Waals surface area contributed by atoms with E-state index in [-0.39, 0.29) is 6.04 Å². The highest BCUT2D eigenvalue weighted by Crippen LogP contribution is 2.33. The average Bonchev–Trinajstić information content (AvgIpc) is 2.88. The molecule has 0 fully saturated rings. The molecule has 2 rings (SSSR count). The van der Waals surface area contributed by atoms with E-state index >= 15 is 0 Å². The summed E-state index contributed by atoms with van der Waals surface area (Å²) >= 11 is 9.66. The molecule has 4 heteroatoms. The van der Waals surface area contributed by atoms with Gasteiger partial charge in [-0.3, -0.25) is 0 Å². The third-order valence-corrected chi connectivity index (χ3v) is 3.77. The molecule has 0 saturated heterocycles. The van der Waals surface area contributed by atoms with Crippen molar-refractivity contribution in [3.8, 4) is 11.3 Å². The van der Waals surface area contributed by atoms with Gasteiger partial charge in [0, 0.05) is 10.0 Å². The van der Waals surface area contributed by atoms with Crippen molar-refractivity contribution >= 4 is 27.5 Å². The second-order valence-electron chi connectivity index (χ2n) is 4.50. The van der Waals surface area contributed by atoms with E-state index in [4.69, 9.17) is 16.0 Å². The van der Waals surface area contributed by atoms with Crippen molar-refractivity contribution in [1.29, 1.82) is 0 Å². The van der Waals surface area contributed by atoms with E-state index in [0.717, 1.165) is 34.5 Å². The molecule has 2 nitrogen and oxygen atoms in total. The molecule has 1 aromatic carbocycles. The van der Waals surface area contributed by atoms with Crippen molar-refractivity contribution < 1.29 is 4.42 Å². The zero-order valence-electron chi connectivity index (χ0n) is 11.0. The highest BCUT2D eigenvalue weighted by Gasteiger charge is 2.13. The van der Waals surface area contributed by atoms with Crippen molar-refractivity contribution in [2.45, 2.75) is 26.3 Å². The molecule has 1 unspecified atom stereocenters. The summed E-state index contributed by atoms with van der Waals surface area (Å²) in [6, 6.07) is 9.92. The summed E-state index contributed by atoms with van der Waals surface area (Å²) in [4.78, 5) is 0. The van der Waals surface area contributed by atoms with Crippen LogP contribution in [-0.4, -0.2) is 6.54 Å². The molecule has 19 heavy (non-hydrogen) atoms. The predicted octanol–water partition coefficient (Wildman–Crippen LogP) is 5.42. The molecule has 102 valence electrons. The fourth-order valence-corrected chi connectivity index (χ4v) is 2.45. The molecular formula is C15H17BrClNO. The van der Waals surface area contributed by atoms with E-state index in [1.807, 2.05) is 30.3 Å². The van der Waals surface area contributed by atoms with Crippen molar-refractivity contribution in [3.63, 3.8) is 0 Å². The predicted molar refractivity (Wildman–Crippen MR) is 83.6 cm³/mol. The molecular weight excluding hydrogens is 326 g/mol. The summed E-state index contributed by atoms with van der Waals surface area (Å²) in [5.41, 5.74) is 0.907. The Bertz CT molecular complexity index is 553. The smallest absolute Gasteiger partial charge is 0.135 e. The fraction of sp³-hybridized carbons (Fsp3) is 0.333. The topological polar surface area (TPSA) is 25.2 Å². The van der Waals surface area contributed by atoms with Crippen LogP contribution in [0.1, 0.15) is 32.1 Å². The summed E-state index contributed by atoms with van der Waals surface area (Å²) in [7, 11) is 0. The summed E-state index contributed by atoms with van der Waals surface area (Å²) in [6.45, 7) is 5.23. The van der Waals surface area contributed by atoms with E-state index in [9.17, 15) is 0 Å². The molecule has 0 aliphatic rings. The Labute approximate surface area is 127 Å². The Balaban J connectivity index is 2.23. The molecule has 0 radical (unpaired) electrons. The minimum absolute atomic E-state index is 0.208. The summed E-state index contributed by atoms with van der Waals surface area (Å²) in [5.74, 6) is 1.73. The Kier molecular flexibility index (Phi) is 5.08. The maximum Gasteiger partial charge on any atom is 0.135 e. The zero-order valence-corrected chi connectivity index (χ0v) is 13.4. The van der Waals surface area contributed by atoms with Crippen LogP contribution in [0.2, 0.25) is 5.02 Å². The molecule has 2 aromatic rings. The number of nitrogens with one attached hydrogen (secondary N) is 1. The fourth-order valence-electron chi connectivity index (χ4n) is 1.88. The highest BCUT2D eigenvalue weighted by atomic mass is 79.9. The molecule has 1 N–H and O–H groups in total. The molecule has 1 aromatic heterocycles. The highest BCUT2D eigenvalue weighted by molar-refractivity contribution is 9.10. The maximum absolute atomic E-state index is 6.21. The summed E-state index contributed by atoms with van der Waals surface area (Å²) < 4.78 is 6.88. The van der Waals surface area contributed by atoms with Gasteiger partial charge in [-0.1, -0.05) is 34.5 Å². The first-order chi connectivity index (χ1) is 9.11. The Hall–Kier alpha value is -0.770. The van der Waals surface area contributed by atoms with Crippen LogP contribution in [0.25, 0.3) is 11.3 Å². The molecule has 0 amide bonds. The summed E-state index contributed by atoms with van der Waals surface area (Å²) in [6.07, 6.45) is 1.11. The van der Waals surface area contributed by atoms with Crippen LogP contribution in [0.5, 0.6) is 0 Å². The van der Waals surface area contributed by atoms with Crippen LogP contribution in [0.15, 0.2) is 39.2 Å². The zero-order chi connectivity index (χ0) is 13.8. The number of furan rings is 1. The normalized spacial score (nSPS) is 12.6. The second kappa shape index (κ2) is 6.60. The number of hydrogen-bond donors (Lipinski definition) is 1. The van der Waals surface area contributed by atoms with Crippen LogP contribution >= 0.6 is 27.5 Å². The minimum Gasteiger partial charge on any atom is -0.459 e. The molecule has 0 aliphatic heterocycles.